The number of morpholine rings is 1. The number of benzene rings is 1. The molecule has 168 valence electrons. The number of halogens is 1. The van der Waals surface area contributed by atoms with Gasteiger partial charge in [-0.1, -0.05) is 18.2 Å². The molecule has 0 saturated carbocycles. The summed E-state index contributed by atoms with van der Waals surface area (Å²) >= 11 is 6.34. The second kappa shape index (κ2) is 10.8. The molecule has 3 rings (SSSR count). The van der Waals surface area contributed by atoms with E-state index in [0.717, 1.165) is 44.8 Å². The summed E-state index contributed by atoms with van der Waals surface area (Å²) in [6.07, 6.45) is 0.812. The van der Waals surface area contributed by atoms with Gasteiger partial charge in [-0.15, -0.1) is 0 Å². The highest BCUT2D eigenvalue weighted by Crippen LogP contribution is 2.32. The molecule has 1 N–H and O–H groups in total. The fourth-order valence-corrected chi connectivity index (χ4v) is 3.70. The first-order valence-electron chi connectivity index (χ1n) is 10.4. The summed E-state index contributed by atoms with van der Waals surface area (Å²) in [7, 11) is 0. The maximum atomic E-state index is 12.5. The Bertz CT molecular complexity index is 1010. The van der Waals surface area contributed by atoms with Crippen molar-refractivity contribution in [3.05, 3.63) is 50.9 Å². The molecular formula is C23H29ClN2O5. The second-order valence-corrected chi connectivity index (χ2v) is 8.26. The summed E-state index contributed by atoms with van der Waals surface area (Å²) in [5.41, 5.74) is 1.72. The normalized spacial score (nSPS) is 14.5. The van der Waals surface area contributed by atoms with Crippen LogP contribution in [0.25, 0.3) is 11.0 Å². The fraction of sp³-hybridized carbons (Fsp3) is 0.478. The number of carbonyl (C=O) groups excluding carboxylic acids is 1. The van der Waals surface area contributed by atoms with Gasteiger partial charge in [0.2, 0.25) is 5.91 Å². The molecule has 1 aliphatic heterocycles. The molecule has 0 unspecified atom stereocenters. The molecule has 1 aromatic heterocycles. The van der Waals surface area contributed by atoms with E-state index in [-0.39, 0.29) is 12.3 Å². The van der Waals surface area contributed by atoms with Gasteiger partial charge in [0.05, 0.1) is 30.2 Å². The lowest BCUT2D eigenvalue weighted by atomic mass is 10.0. The standard InChI is InChI=1S/C23H29ClN2O5/c1-15(2)14-30-21-13-20-17(11-19(21)24)16(3)18(23(28)31-20)12-22(27)25-5-4-6-26-7-9-29-10-8-26/h11,13H,1,4-10,12,14H2,2-3H3,(H,25,27). The number of aryl methyl sites for hydroxylation is 1. The van der Waals surface area contributed by atoms with Gasteiger partial charge in [0, 0.05) is 31.1 Å². The molecule has 0 spiro atoms. The number of fused-ring (bicyclic) bond motifs is 1. The van der Waals surface area contributed by atoms with E-state index < -0.39 is 5.63 Å². The summed E-state index contributed by atoms with van der Waals surface area (Å²) in [4.78, 5) is 27.2. The van der Waals surface area contributed by atoms with Crippen LogP contribution in [0.5, 0.6) is 5.75 Å². The Morgan fingerprint density at radius 1 is 1.32 bits per heavy atom. The van der Waals surface area contributed by atoms with Crippen molar-refractivity contribution in [3.8, 4) is 5.75 Å². The molecule has 1 saturated heterocycles. The lowest BCUT2D eigenvalue weighted by Crippen LogP contribution is -2.38. The van der Waals surface area contributed by atoms with Crippen molar-refractivity contribution in [2.24, 2.45) is 0 Å². The lowest BCUT2D eigenvalue weighted by Gasteiger charge is -2.26. The molecule has 0 atom stereocenters. The summed E-state index contributed by atoms with van der Waals surface area (Å²) in [5, 5.41) is 3.98. The van der Waals surface area contributed by atoms with Crippen molar-refractivity contribution in [2.75, 3.05) is 46.0 Å². The minimum absolute atomic E-state index is 0.0345. The number of nitrogens with one attached hydrogen (secondary N) is 1. The van der Waals surface area contributed by atoms with Gasteiger partial charge in [0.15, 0.2) is 0 Å². The highest BCUT2D eigenvalue weighted by molar-refractivity contribution is 6.32. The van der Waals surface area contributed by atoms with E-state index in [2.05, 4.69) is 16.8 Å². The molecule has 1 amide bonds. The molecule has 31 heavy (non-hydrogen) atoms. The predicted molar refractivity (Wildman–Crippen MR) is 121 cm³/mol. The number of nitrogens with zero attached hydrogens (tertiary/aromatic N) is 1. The highest BCUT2D eigenvalue weighted by Gasteiger charge is 2.17. The third-order valence-electron chi connectivity index (χ3n) is 5.23. The Labute approximate surface area is 186 Å². The van der Waals surface area contributed by atoms with E-state index in [1.807, 2.05) is 6.92 Å². The molecule has 1 aliphatic rings. The van der Waals surface area contributed by atoms with Crippen molar-refractivity contribution in [3.63, 3.8) is 0 Å². The highest BCUT2D eigenvalue weighted by atomic mass is 35.5. The number of amides is 1. The summed E-state index contributed by atoms with van der Waals surface area (Å²) in [6.45, 7) is 12.6. The summed E-state index contributed by atoms with van der Waals surface area (Å²) < 4.78 is 16.4. The van der Waals surface area contributed by atoms with Crippen molar-refractivity contribution in [1.29, 1.82) is 0 Å². The van der Waals surface area contributed by atoms with Crippen LogP contribution in [0.3, 0.4) is 0 Å². The van der Waals surface area contributed by atoms with Crippen LogP contribution in [0.2, 0.25) is 5.02 Å². The topological polar surface area (TPSA) is 81.0 Å². The molecule has 1 fully saturated rings. The summed E-state index contributed by atoms with van der Waals surface area (Å²) in [5.74, 6) is 0.217. The zero-order chi connectivity index (χ0) is 22.4. The number of ether oxygens (including phenoxy) is 2. The Balaban J connectivity index is 1.64. The van der Waals surface area contributed by atoms with E-state index in [1.54, 1.807) is 19.1 Å². The largest absolute Gasteiger partial charge is 0.488 e. The van der Waals surface area contributed by atoms with Gasteiger partial charge in [-0.05, 0) is 44.0 Å². The van der Waals surface area contributed by atoms with Crippen LogP contribution < -0.4 is 15.7 Å². The van der Waals surface area contributed by atoms with E-state index >= 15 is 0 Å². The number of carbonyl (C=O) groups is 1. The maximum Gasteiger partial charge on any atom is 0.340 e. The second-order valence-electron chi connectivity index (χ2n) is 7.85. The third-order valence-corrected chi connectivity index (χ3v) is 5.52. The van der Waals surface area contributed by atoms with E-state index in [0.29, 0.717) is 46.0 Å². The van der Waals surface area contributed by atoms with Crippen LogP contribution in [0, 0.1) is 6.92 Å². The molecule has 0 bridgehead atoms. The number of rotatable bonds is 9. The average molecular weight is 449 g/mol. The van der Waals surface area contributed by atoms with Gasteiger partial charge in [-0.3, -0.25) is 9.69 Å². The molecule has 8 heteroatoms. The SMILES string of the molecule is C=C(C)COc1cc2oc(=O)c(CC(=O)NCCCN3CCOCC3)c(C)c2cc1Cl. The Kier molecular flexibility index (Phi) is 8.12. The van der Waals surface area contributed by atoms with Crippen LogP contribution in [-0.2, 0) is 16.0 Å². The molecule has 7 nitrogen and oxygen atoms in total. The van der Waals surface area contributed by atoms with Gasteiger partial charge in [-0.2, -0.15) is 0 Å². The monoisotopic (exact) mass is 448 g/mol. The molecule has 0 aliphatic carbocycles. The Morgan fingerprint density at radius 3 is 2.77 bits per heavy atom. The zero-order valence-electron chi connectivity index (χ0n) is 18.1. The molecule has 2 aromatic rings. The number of hydrogen-bond donors (Lipinski definition) is 1. The van der Waals surface area contributed by atoms with Crippen LogP contribution >= 0.6 is 11.6 Å². The van der Waals surface area contributed by atoms with Gasteiger partial charge < -0.3 is 19.2 Å². The van der Waals surface area contributed by atoms with E-state index in [1.165, 1.54) is 0 Å². The first-order valence-corrected chi connectivity index (χ1v) is 10.8. The molecule has 2 heterocycles. The quantitative estimate of drug-likeness (QED) is 0.360. The van der Waals surface area contributed by atoms with Gasteiger partial charge in [0.1, 0.15) is 17.9 Å². The minimum atomic E-state index is -0.526. The minimum Gasteiger partial charge on any atom is -0.488 e. The van der Waals surface area contributed by atoms with Crippen molar-refractivity contribution >= 4 is 28.5 Å². The fourth-order valence-electron chi connectivity index (χ4n) is 3.48. The predicted octanol–water partition coefficient (Wildman–Crippen LogP) is 3.09. The van der Waals surface area contributed by atoms with Crippen LogP contribution in [0.4, 0.5) is 0 Å². The first-order chi connectivity index (χ1) is 14.8. The van der Waals surface area contributed by atoms with E-state index in [9.17, 15) is 9.59 Å². The lowest BCUT2D eigenvalue weighted by molar-refractivity contribution is -0.120. The summed E-state index contributed by atoms with van der Waals surface area (Å²) in [6, 6.07) is 3.30. The molecular weight excluding hydrogens is 420 g/mol. The van der Waals surface area contributed by atoms with E-state index in [4.69, 9.17) is 25.5 Å². The zero-order valence-corrected chi connectivity index (χ0v) is 18.8. The smallest absolute Gasteiger partial charge is 0.340 e. The van der Waals surface area contributed by atoms with Crippen molar-refractivity contribution < 1.29 is 18.7 Å². The van der Waals surface area contributed by atoms with Crippen LogP contribution in [-0.4, -0.2) is 56.8 Å². The molecule has 0 radical (unpaired) electrons. The number of hydrogen-bond acceptors (Lipinski definition) is 6. The molecule has 1 aromatic carbocycles. The van der Waals surface area contributed by atoms with Gasteiger partial charge in [0.25, 0.3) is 0 Å². The van der Waals surface area contributed by atoms with Gasteiger partial charge >= 0.3 is 5.63 Å². The Hall–Kier alpha value is -2.35. The van der Waals surface area contributed by atoms with Crippen molar-refractivity contribution in [2.45, 2.75) is 26.7 Å². The van der Waals surface area contributed by atoms with Crippen molar-refractivity contribution in [1.82, 2.24) is 10.2 Å². The first kappa shape index (κ1) is 23.3. The average Bonchev–Trinajstić information content (AvgIpc) is 2.74. The third kappa shape index (κ3) is 6.32. The van der Waals surface area contributed by atoms with Crippen LogP contribution in [0.1, 0.15) is 24.5 Å². The Morgan fingerprint density at radius 2 is 2.06 bits per heavy atom. The van der Waals surface area contributed by atoms with Gasteiger partial charge in [-0.25, -0.2) is 4.79 Å². The maximum absolute atomic E-state index is 12.5. The van der Waals surface area contributed by atoms with Crippen LogP contribution in [0.15, 0.2) is 33.5 Å².